The number of fused-ring (bicyclic) bond motifs is 1. The number of nitrogens with zero attached hydrogens (tertiary/aromatic N) is 2. The molecule has 0 unspecified atom stereocenters. The Morgan fingerprint density at radius 3 is 2.57 bits per heavy atom. The van der Waals surface area contributed by atoms with Gasteiger partial charge in [0.25, 0.3) is 0 Å². The van der Waals surface area contributed by atoms with Crippen molar-refractivity contribution in [1.29, 1.82) is 0 Å². The summed E-state index contributed by atoms with van der Waals surface area (Å²) in [6.45, 7) is 2.11. The van der Waals surface area contributed by atoms with Crippen molar-refractivity contribution >= 4 is 34.1 Å². The SMILES string of the molecule is COc1cc(C)c(C(=C(c2ccc(C=CC(=O)O)cc2)c2cccc3[nH]ncc23)C2CCC2)cn1. The molecule has 2 aromatic carbocycles. The fourth-order valence-electron chi connectivity index (χ4n) is 4.75. The highest BCUT2D eigenvalue weighted by Gasteiger charge is 2.29. The van der Waals surface area contributed by atoms with Crippen LogP contribution < -0.4 is 4.74 Å². The number of rotatable bonds is 7. The molecule has 0 bridgehead atoms. The van der Waals surface area contributed by atoms with Gasteiger partial charge in [0.1, 0.15) is 0 Å². The average molecular weight is 466 g/mol. The van der Waals surface area contributed by atoms with Gasteiger partial charge in [-0.05, 0) is 71.2 Å². The molecule has 0 saturated heterocycles. The standard InChI is InChI=1S/C29H27N3O3/c1-18-15-26(35-2)30-16-23(18)29(20-5-3-6-20)28(22-7-4-8-25-24(22)17-31-32-25)21-12-9-19(10-13-21)11-14-27(33)34/h4,7-17,20H,3,5-6H2,1-2H3,(H,31,32)(H,33,34). The van der Waals surface area contributed by atoms with Gasteiger partial charge in [-0.2, -0.15) is 5.10 Å². The predicted molar refractivity (Wildman–Crippen MR) is 138 cm³/mol. The van der Waals surface area contributed by atoms with Crippen LogP contribution >= 0.6 is 0 Å². The number of H-pyrrole nitrogens is 1. The second-order valence-corrected chi connectivity index (χ2v) is 8.89. The maximum atomic E-state index is 11.0. The van der Waals surface area contributed by atoms with Gasteiger partial charge >= 0.3 is 5.97 Å². The van der Waals surface area contributed by atoms with Gasteiger partial charge in [0, 0.05) is 29.3 Å². The molecule has 6 heteroatoms. The van der Waals surface area contributed by atoms with Crippen LogP contribution in [0.25, 0.3) is 28.1 Å². The first-order valence-electron chi connectivity index (χ1n) is 11.7. The Morgan fingerprint density at radius 2 is 1.91 bits per heavy atom. The fraction of sp³-hybridized carbons (Fsp3) is 0.207. The van der Waals surface area contributed by atoms with Gasteiger partial charge < -0.3 is 9.84 Å². The number of aromatic nitrogens is 3. The smallest absolute Gasteiger partial charge is 0.328 e. The number of hydrogen-bond donors (Lipinski definition) is 2. The lowest BCUT2D eigenvalue weighted by molar-refractivity contribution is -0.131. The van der Waals surface area contributed by atoms with Crippen molar-refractivity contribution in [2.45, 2.75) is 26.2 Å². The van der Waals surface area contributed by atoms with Crippen molar-refractivity contribution in [3.8, 4) is 5.88 Å². The van der Waals surface area contributed by atoms with Crippen LogP contribution in [-0.2, 0) is 4.79 Å². The van der Waals surface area contributed by atoms with Crippen LogP contribution in [0.5, 0.6) is 5.88 Å². The summed E-state index contributed by atoms with van der Waals surface area (Å²) in [4.78, 5) is 15.5. The van der Waals surface area contributed by atoms with Crippen LogP contribution in [0.4, 0.5) is 0 Å². The van der Waals surface area contributed by atoms with E-state index in [9.17, 15) is 4.79 Å². The van der Waals surface area contributed by atoms with Crippen molar-refractivity contribution in [1.82, 2.24) is 15.2 Å². The number of carboxylic acid groups (broad SMARTS) is 1. The molecule has 0 aliphatic heterocycles. The Kier molecular flexibility index (Phi) is 6.19. The maximum absolute atomic E-state index is 11.0. The molecule has 176 valence electrons. The highest BCUT2D eigenvalue weighted by Crippen LogP contribution is 2.46. The maximum Gasteiger partial charge on any atom is 0.328 e. The molecule has 5 rings (SSSR count). The first-order chi connectivity index (χ1) is 17.0. The number of aryl methyl sites for hydroxylation is 1. The van der Waals surface area contributed by atoms with E-state index in [1.165, 1.54) is 12.0 Å². The summed E-state index contributed by atoms with van der Waals surface area (Å²) in [5.74, 6) is 0.0657. The lowest BCUT2D eigenvalue weighted by Gasteiger charge is -2.32. The molecule has 0 amide bonds. The molecule has 2 heterocycles. The highest BCUT2D eigenvalue weighted by molar-refractivity contribution is 6.06. The van der Waals surface area contributed by atoms with E-state index < -0.39 is 5.97 Å². The number of aliphatic carboxylic acids is 1. The molecule has 0 radical (unpaired) electrons. The largest absolute Gasteiger partial charge is 0.481 e. The van der Waals surface area contributed by atoms with Gasteiger partial charge in [0.05, 0.1) is 18.8 Å². The normalized spacial score (nSPS) is 14.7. The zero-order chi connectivity index (χ0) is 24.4. The van der Waals surface area contributed by atoms with E-state index in [4.69, 9.17) is 9.84 Å². The lowest BCUT2D eigenvalue weighted by Crippen LogP contribution is -2.16. The zero-order valence-corrected chi connectivity index (χ0v) is 19.8. The molecule has 2 aromatic heterocycles. The Morgan fingerprint density at radius 1 is 1.11 bits per heavy atom. The first kappa shape index (κ1) is 22.6. The molecule has 6 nitrogen and oxygen atoms in total. The van der Waals surface area contributed by atoms with Gasteiger partial charge in [-0.25, -0.2) is 9.78 Å². The number of methoxy groups -OCH3 is 1. The van der Waals surface area contributed by atoms with Crippen LogP contribution in [0.15, 0.2) is 67.0 Å². The summed E-state index contributed by atoms with van der Waals surface area (Å²) in [5, 5.41) is 17.5. The fourth-order valence-corrected chi connectivity index (χ4v) is 4.75. The number of ether oxygens (including phenoxy) is 1. The van der Waals surface area contributed by atoms with Crippen molar-refractivity contribution in [3.63, 3.8) is 0 Å². The molecule has 1 aliphatic rings. The van der Waals surface area contributed by atoms with Crippen molar-refractivity contribution in [2.75, 3.05) is 7.11 Å². The van der Waals surface area contributed by atoms with Crippen LogP contribution in [0, 0.1) is 12.8 Å². The summed E-state index contributed by atoms with van der Waals surface area (Å²) in [6, 6.07) is 16.3. The number of carbonyl (C=O) groups is 1. The molecular formula is C29H27N3O3. The first-order valence-corrected chi connectivity index (χ1v) is 11.7. The third kappa shape index (κ3) is 4.47. The molecule has 0 atom stereocenters. The van der Waals surface area contributed by atoms with Gasteiger partial charge in [-0.15, -0.1) is 0 Å². The number of benzene rings is 2. The van der Waals surface area contributed by atoms with E-state index in [-0.39, 0.29) is 0 Å². The third-order valence-electron chi connectivity index (χ3n) is 6.74. The minimum Gasteiger partial charge on any atom is -0.481 e. The highest BCUT2D eigenvalue weighted by atomic mass is 16.5. The van der Waals surface area contributed by atoms with Crippen LogP contribution in [0.1, 0.15) is 47.1 Å². The number of pyridine rings is 1. The van der Waals surface area contributed by atoms with Gasteiger partial charge in [0.15, 0.2) is 0 Å². The van der Waals surface area contributed by atoms with E-state index in [0.29, 0.717) is 11.8 Å². The van der Waals surface area contributed by atoms with Gasteiger partial charge in [0.2, 0.25) is 5.88 Å². The molecular weight excluding hydrogens is 438 g/mol. The predicted octanol–water partition coefficient (Wildman–Crippen LogP) is 6.13. The van der Waals surface area contributed by atoms with E-state index in [2.05, 4.69) is 46.4 Å². The van der Waals surface area contributed by atoms with Crippen LogP contribution in [0.2, 0.25) is 0 Å². The van der Waals surface area contributed by atoms with Crippen molar-refractivity contribution in [3.05, 3.63) is 94.8 Å². The van der Waals surface area contributed by atoms with Crippen molar-refractivity contribution < 1.29 is 14.6 Å². The van der Waals surface area contributed by atoms with Crippen LogP contribution in [-0.4, -0.2) is 33.4 Å². The van der Waals surface area contributed by atoms with E-state index in [1.807, 2.05) is 36.7 Å². The molecule has 1 fully saturated rings. The molecule has 35 heavy (non-hydrogen) atoms. The van der Waals surface area contributed by atoms with E-state index in [1.54, 1.807) is 13.2 Å². The van der Waals surface area contributed by atoms with Gasteiger partial charge in [-0.1, -0.05) is 42.8 Å². The average Bonchev–Trinajstić information content (AvgIpc) is 3.31. The summed E-state index contributed by atoms with van der Waals surface area (Å²) in [7, 11) is 1.63. The summed E-state index contributed by atoms with van der Waals surface area (Å²) in [6.07, 6.45) is 10.0. The molecule has 1 aliphatic carbocycles. The molecule has 4 aromatic rings. The second kappa shape index (κ2) is 9.58. The molecule has 2 N–H and O–H groups in total. The minimum atomic E-state index is -0.962. The monoisotopic (exact) mass is 465 g/mol. The van der Waals surface area contributed by atoms with E-state index in [0.717, 1.165) is 63.2 Å². The summed E-state index contributed by atoms with van der Waals surface area (Å²) >= 11 is 0. The number of hydrogen-bond acceptors (Lipinski definition) is 4. The minimum absolute atomic E-state index is 0.424. The Balaban J connectivity index is 1.78. The summed E-state index contributed by atoms with van der Waals surface area (Å²) in [5.41, 5.74) is 8.70. The quantitative estimate of drug-likeness (QED) is 0.321. The Hall–Kier alpha value is -4.19. The van der Waals surface area contributed by atoms with Crippen LogP contribution in [0.3, 0.4) is 0 Å². The zero-order valence-electron chi connectivity index (χ0n) is 19.8. The lowest BCUT2D eigenvalue weighted by atomic mass is 9.72. The molecule has 1 saturated carbocycles. The number of allylic oxidation sites excluding steroid dienone is 1. The van der Waals surface area contributed by atoms with E-state index >= 15 is 0 Å². The molecule has 0 spiro atoms. The third-order valence-corrected chi connectivity index (χ3v) is 6.74. The Labute approximate surface area is 204 Å². The van der Waals surface area contributed by atoms with Gasteiger partial charge in [-0.3, -0.25) is 5.10 Å². The second-order valence-electron chi connectivity index (χ2n) is 8.89. The Bertz CT molecular complexity index is 1440. The number of aromatic amines is 1. The summed E-state index contributed by atoms with van der Waals surface area (Å²) < 4.78 is 5.37. The number of carboxylic acids is 1. The number of nitrogens with one attached hydrogen (secondary N) is 1. The topological polar surface area (TPSA) is 88.1 Å². The van der Waals surface area contributed by atoms with Crippen molar-refractivity contribution in [2.24, 2.45) is 5.92 Å².